The molecule has 0 radical (unpaired) electrons. The fourth-order valence-corrected chi connectivity index (χ4v) is 4.05. The number of methoxy groups -OCH3 is 1. The van der Waals surface area contributed by atoms with E-state index < -0.39 is 18.1 Å². The SMILES string of the molecule is C/C=C(\c1ccc(C)c(C(=O)N(C)C)c1)c1c(NC(=O)C(F)(F)F)c2c(c(C)c1OC)COC2=O. The minimum absolute atomic E-state index is 0.0785. The maximum atomic E-state index is 13.2. The van der Waals surface area contributed by atoms with Gasteiger partial charge in [0.25, 0.3) is 5.91 Å². The molecule has 0 bridgehead atoms. The van der Waals surface area contributed by atoms with E-state index in [1.165, 1.54) is 12.0 Å². The van der Waals surface area contributed by atoms with Crippen LogP contribution in [-0.4, -0.2) is 50.1 Å². The number of hydrogen-bond donors (Lipinski definition) is 1. The van der Waals surface area contributed by atoms with Gasteiger partial charge in [0.15, 0.2) is 0 Å². The molecule has 0 unspecified atom stereocenters. The zero-order chi connectivity index (χ0) is 26.2. The number of carbonyl (C=O) groups is 3. The lowest BCUT2D eigenvalue weighted by Gasteiger charge is -2.23. The third kappa shape index (κ3) is 4.60. The van der Waals surface area contributed by atoms with Crippen molar-refractivity contribution < 1.29 is 37.0 Å². The molecule has 2 amide bonds. The molecular formula is C25H25F3N2O5. The number of cyclic esters (lactones) is 1. The Kier molecular flexibility index (Phi) is 6.96. The Bertz CT molecular complexity index is 1260. The van der Waals surface area contributed by atoms with Crippen LogP contribution in [0.15, 0.2) is 24.3 Å². The minimum Gasteiger partial charge on any atom is -0.496 e. The van der Waals surface area contributed by atoms with Crippen molar-refractivity contribution in [1.29, 1.82) is 0 Å². The fourth-order valence-electron chi connectivity index (χ4n) is 4.05. The van der Waals surface area contributed by atoms with Gasteiger partial charge in [-0.2, -0.15) is 13.2 Å². The van der Waals surface area contributed by atoms with Gasteiger partial charge in [-0.1, -0.05) is 18.2 Å². The molecule has 1 heterocycles. The highest BCUT2D eigenvalue weighted by atomic mass is 19.4. The first kappa shape index (κ1) is 25.8. The van der Waals surface area contributed by atoms with Crippen molar-refractivity contribution in [3.05, 3.63) is 63.2 Å². The molecule has 10 heteroatoms. The van der Waals surface area contributed by atoms with E-state index in [1.807, 2.05) is 5.32 Å². The Morgan fingerprint density at radius 2 is 1.86 bits per heavy atom. The Labute approximate surface area is 200 Å². The average molecular weight is 490 g/mol. The van der Waals surface area contributed by atoms with Crippen molar-refractivity contribution >= 4 is 29.0 Å². The van der Waals surface area contributed by atoms with Crippen molar-refractivity contribution in [1.82, 2.24) is 4.90 Å². The van der Waals surface area contributed by atoms with Crippen LogP contribution < -0.4 is 10.1 Å². The van der Waals surface area contributed by atoms with Crippen LogP contribution in [0.25, 0.3) is 5.57 Å². The Balaban J connectivity index is 2.36. The summed E-state index contributed by atoms with van der Waals surface area (Å²) in [5.74, 6) is -3.18. The largest absolute Gasteiger partial charge is 0.496 e. The third-order valence-corrected chi connectivity index (χ3v) is 5.82. The van der Waals surface area contributed by atoms with Crippen LogP contribution >= 0.6 is 0 Å². The van der Waals surface area contributed by atoms with E-state index in [0.717, 1.165) is 0 Å². The highest BCUT2D eigenvalue weighted by Crippen LogP contribution is 2.46. The zero-order valence-electron chi connectivity index (χ0n) is 20.1. The quantitative estimate of drug-likeness (QED) is 0.618. The van der Waals surface area contributed by atoms with E-state index in [-0.39, 0.29) is 35.1 Å². The highest BCUT2D eigenvalue weighted by Gasteiger charge is 2.42. The number of anilines is 1. The summed E-state index contributed by atoms with van der Waals surface area (Å²) in [6.07, 6.45) is -3.59. The predicted octanol–water partition coefficient (Wildman–Crippen LogP) is 4.64. The number of aryl methyl sites for hydroxylation is 1. The number of nitrogens with one attached hydrogen (secondary N) is 1. The van der Waals surface area contributed by atoms with Gasteiger partial charge in [0.05, 0.1) is 18.4 Å². The lowest BCUT2D eigenvalue weighted by Crippen LogP contribution is -2.31. The number of allylic oxidation sites excluding steroid dienone is 1. The number of amides is 2. The molecule has 0 atom stereocenters. The van der Waals surface area contributed by atoms with Crippen LogP contribution in [0.3, 0.4) is 0 Å². The van der Waals surface area contributed by atoms with Crippen molar-refractivity contribution in [2.75, 3.05) is 26.5 Å². The van der Waals surface area contributed by atoms with Gasteiger partial charge in [-0.15, -0.1) is 0 Å². The topological polar surface area (TPSA) is 84.9 Å². The number of hydrogen-bond acceptors (Lipinski definition) is 5. The molecule has 0 aliphatic carbocycles. The van der Waals surface area contributed by atoms with Gasteiger partial charge >= 0.3 is 18.1 Å². The smallest absolute Gasteiger partial charge is 0.471 e. The third-order valence-electron chi connectivity index (χ3n) is 5.82. The molecule has 2 aromatic rings. The van der Waals surface area contributed by atoms with Gasteiger partial charge in [-0.3, -0.25) is 9.59 Å². The molecule has 0 saturated carbocycles. The van der Waals surface area contributed by atoms with E-state index in [2.05, 4.69) is 0 Å². The monoisotopic (exact) mass is 490 g/mol. The standard InChI is InChI=1S/C25H25F3N2O5/c1-7-15(14-9-8-12(2)16(10-14)22(31)30(4)5)18-20(29-24(33)25(26,27)28)19-17(11-35-23(19)32)13(3)21(18)34-6/h7-10H,11H2,1-6H3,(H,29,33)/b15-7+. The number of carbonyl (C=O) groups excluding carboxylic acids is 3. The summed E-state index contributed by atoms with van der Waals surface area (Å²) >= 11 is 0. The second-order valence-corrected chi connectivity index (χ2v) is 8.22. The average Bonchev–Trinajstić information content (AvgIpc) is 3.18. The van der Waals surface area contributed by atoms with Gasteiger partial charge in [-0.05, 0) is 49.1 Å². The van der Waals surface area contributed by atoms with Crippen LogP contribution in [0, 0.1) is 13.8 Å². The summed E-state index contributed by atoms with van der Waals surface area (Å²) in [5, 5.41) is 1.87. The zero-order valence-corrected chi connectivity index (χ0v) is 20.1. The molecule has 1 aliphatic heterocycles. The minimum atomic E-state index is -5.20. The van der Waals surface area contributed by atoms with Crippen LogP contribution in [-0.2, 0) is 16.1 Å². The van der Waals surface area contributed by atoms with E-state index in [0.29, 0.717) is 33.4 Å². The van der Waals surface area contributed by atoms with Gasteiger partial charge in [0.1, 0.15) is 12.4 Å². The van der Waals surface area contributed by atoms with Gasteiger partial charge in [0.2, 0.25) is 0 Å². The van der Waals surface area contributed by atoms with E-state index in [1.54, 1.807) is 59.1 Å². The molecule has 2 aromatic carbocycles. The van der Waals surface area contributed by atoms with Crippen LogP contribution in [0.4, 0.5) is 18.9 Å². The first-order valence-electron chi connectivity index (χ1n) is 10.6. The first-order valence-corrected chi connectivity index (χ1v) is 10.6. The normalized spacial score (nSPS) is 13.3. The molecular weight excluding hydrogens is 465 g/mol. The lowest BCUT2D eigenvalue weighted by atomic mass is 9.87. The van der Waals surface area contributed by atoms with Crippen LogP contribution in [0.2, 0.25) is 0 Å². The number of benzene rings is 2. The van der Waals surface area contributed by atoms with Crippen LogP contribution in [0.1, 0.15) is 55.5 Å². The number of fused-ring (bicyclic) bond motifs is 1. The van der Waals surface area contributed by atoms with Gasteiger partial charge in [0, 0.05) is 30.8 Å². The number of esters is 1. The Morgan fingerprint density at radius 1 is 1.20 bits per heavy atom. The molecule has 7 nitrogen and oxygen atoms in total. The maximum Gasteiger partial charge on any atom is 0.471 e. The van der Waals surface area contributed by atoms with E-state index in [9.17, 15) is 27.6 Å². The molecule has 0 fully saturated rings. The summed E-state index contributed by atoms with van der Waals surface area (Å²) in [5.41, 5.74) is 2.31. The fraction of sp³-hybridized carbons (Fsp3) is 0.320. The highest BCUT2D eigenvalue weighted by molar-refractivity contribution is 6.10. The molecule has 0 aromatic heterocycles. The van der Waals surface area contributed by atoms with Crippen LogP contribution in [0.5, 0.6) is 5.75 Å². The van der Waals surface area contributed by atoms with Gasteiger partial charge in [-0.25, -0.2) is 4.79 Å². The number of nitrogens with zero attached hydrogens (tertiary/aromatic N) is 1. The van der Waals surface area contributed by atoms with E-state index in [4.69, 9.17) is 9.47 Å². The second-order valence-electron chi connectivity index (χ2n) is 8.22. The maximum absolute atomic E-state index is 13.2. The predicted molar refractivity (Wildman–Crippen MR) is 123 cm³/mol. The summed E-state index contributed by atoms with van der Waals surface area (Å²) in [7, 11) is 4.55. The summed E-state index contributed by atoms with van der Waals surface area (Å²) < 4.78 is 50.3. The molecule has 0 saturated heterocycles. The van der Waals surface area contributed by atoms with Crippen molar-refractivity contribution in [3.63, 3.8) is 0 Å². The first-order chi connectivity index (χ1) is 16.3. The second kappa shape index (κ2) is 9.44. The molecule has 186 valence electrons. The van der Waals surface area contributed by atoms with Crippen molar-refractivity contribution in [2.45, 2.75) is 33.6 Å². The molecule has 35 heavy (non-hydrogen) atoms. The molecule has 1 N–H and O–H groups in total. The lowest BCUT2D eigenvalue weighted by molar-refractivity contribution is -0.167. The van der Waals surface area contributed by atoms with Crippen molar-refractivity contribution in [3.8, 4) is 5.75 Å². The number of rotatable bonds is 5. The summed E-state index contributed by atoms with van der Waals surface area (Å²) in [6, 6.07) is 5.03. The molecule has 3 rings (SSSR count). The molecule has 0 spiro atoms. The van der Waals surface area contributed by atoms with Gasteiger partial charge < -0.3 is 19.7 Å². The Morgan fingerprint density at radius 3 is 2.40 bits per heavy atom. The number of alkyl halides is 3. The van der Waals surface area contributed by atoms with E-state index >= 15 is 0 Å². The molecule has 1 aliphatic rings. The summed E-state index contributed by atoms with van der Waals surface area (Å²) in [4.78, 5) is 38.7. The Hall–Kier alpha value is -3.82. The van der Waals surface area contributed by atoms with Crippen molar-refractivity contribution in [2.24, 2.45) is 0 Å². The number of ether oxygens (including phenoxy) is 2. The number of halogens is 3. The summed E-state index contributed by atoms with van der Waals surface area (Å²) in [6.45, 7) is 4.91.